The number of hydrogen-bond acceptors (Lipinski definition) is 4. The zero-order chi connectivity index (χ0) is 15.2. The first-order valence-electron chi connectivity index (χ1n) is 6.57. The quantitative estimate of drug-likeness (QED) is 0.912. The van der Waals surface area contributed by atoms with Gasteiger partial charge in [-0.05, 0) is 18.6 Å². The lowest BCUT2D eigenvalue weighted by molar-refractivity contribution is 0.102. The van der Waals surface area contributed by atoms with E-state index < -0.39 is 0 Å². The number of aryl methyl sites for hydroxylation is 2. The molecule has 2 aromatic rings. The molecule has 1 aromatic heterocycles. The van der Waals surface area contributed by atoms with Gasteiger partial charge in [-0.3, -0.25) is 9.48 Å². The molecule has 21 heavy (non-hydrogen) atoms. The van der Waals surface area contributed by atoms with Gasteiger partial charge >= 0.3 is 0 Å². The molecule has 0 aliphatic carbocycles. The first-order valence-corrected chi connectivity index (χ1v) is 6.57. The van der Waals surface area contributed by atoms with Gasteiger partial charge in [0.1, 0.15) is 11.8 Å². The molecular weight excluding hydrogens is 268 g/mol. The maximum atomic E-state index is 12.3. The van der Waals surface area contributed by atoms with E-state index in [0.717, 1.165) is 5.69 Å². The van der Waals surface area contributed by atoms with Crippen molar-refractivity contribution in [2.75, 3.05) is 11.9 Å². The fourth-order valence-corrected chi connectivity index (χ4v) is 1.96. The van der Waals surface area contributed by atoms with E-state index in [0.29, 0.717) is 23.4 Å². The molecule has 0 unspecified atom stereocenters. The lowest BCUT2D eigenvalue weighted by Crippen LogP contribution is -2.13. The first kappa shape index (κ1) is 14.6. The average molecular weight is 284 g/mol. The Morgan fingerprint density at radius 2 is 2.33 bits per heavy atom. The summed E-state index contributed by atoms with van der Waals surface area (Å²) in [6, 6.07) is 8.83. The van der Waals surface area contributed by atoms with E-state index in [4.69, 9.17) is 10.00 Å². The molecular formula is C15H16N4O2. The fraction of sp³-hybridized carbons (Fsp3) is 0.267. The summed E-state index contributed by atoms with van der Waals surface area (Å²) in [5.74, 6) is 0.327. The Balaban J connectivity index is 2.14. The van der Waals surface area contributed by atoms with Crippen molar-refractivity contribution in [3.05, 3.63) is 41.7 Å². The fourth-order valence-electron chi connectivity index (χ4n) is 1.96. The Morgan fingerprint density at radius 1 is 1.52 bits per heavy atom. The van der Waals surface area contributed by atoms with Gasteiger partial charge in [-0.1, -0.05) is 13.0 Å². The topological polar surface area (TPSA) is 79.9 Å². The Kier molecular flexibility index (Phi) is 4.57. The molecule has 1 N–H and O–H groups in total. The van der Waals surface area contributed by atoms with Crippen LogP contribution in [-0.2, 0) is 13.5 Å². The number of carbonyl (C=O) groups excluding carboxylic acids is 1. The summed E-state index contributed by atoms with van der Waals surface area (Å²) in [5, 5.41) is 15.5. The minimum Gasteiger partial charge on any atom is -0.479 e. The van der Waals surface area contributed by atoms with E-state index in [1.165, 1.54) is 0 Å². The van der Waals surface area contributed by atoms with E-state index in [1.54, 1.807) is 42.2 Å². The van der Waals surface area contributed by atoms with Crippen molar-refractivity contribution in [3.63, 3.8) is 0 Å². The van der Waals surface area contributed by atoms with Gasteiger partial charge in [0.15, 0.2) is 6.61 Å². The molecule has 108 valence electrons. The van der Waals surface area contributed by atoms with E-state index in [-0.39, 0.29) is 12.5 Å². The van der Waals surface area contributed by atoms with Crippen LogP contribution in [0.3, 0.4) is 0 Å². The number of nitrogens with one attached hydrogen (secondary N) is 1. The maximum Gasteiger partial charge on any atom is 0.259 e. The third-order valence-corrected chi connectivity index (χ3v) is 2.88. The van der Waals surface area contributed by atoms with E-state index in [9.17, 15) is 4.79 Å². The molecule has 0 atom stereocenters. The highest BCUT2D eigenvalue weighted by atomic mass is 16.5. The zero-order valence-electron chi connectivity index (χ0n) is 12.0. The van der Waals surface area contributed by atoms with Crippen LogP contribution < -0.4 is 10.1 Å². The van der Waals surface area contributed by atoms with Gasteiger partial charge in [-0.15, -0.1) is 0 Å². The van der Waals surface area contributed by atoms with Crippen molar-refractivity contribution in [1.29, 1.82) is 5.26 Å². The first-order chi connectivity index (χ1) is 10.1. The van der Waals surface area contributed by atoms with Crippen molar-refractivity contribution < 1.29 is 9.53 Å². The SMILES string of the molecule is CCc1nn(C)cc1C(=O)Nc1cccc(OCC#N)c1. The largest absolute Gasteiger partial charge is 0.479 e. The molecule has 6 nitrogen and oxygen atoms in total. The molecule has 0 fully saturated rings. The summed E-state index contributed by atoms with van der Waals surface area (Å²) in [6.45, 7) is 1.93. The van der Waals surface area contributed by atoms with Crippen LogP contribution in [0.15, 0.2) is 30.5 Å². The number of ether oxygens (including phenoxy) is 1. The number of rotatable bonds is 5. The predicted molar refractivity (Wildman–Crippen MR) is 78.1 cm³/mol. The molecule has 1 aromatic carbocycles. The molecule has 1 heterocycles. The normalized spacial score (nSPS) is 9.95. The summed E-state index contributed by atoms with van der Waals surface area (Å²) in [6.07, 6.45) is 2.39. The Labute approximate surface area is 123 Å². The third-order valence-electron chi connectivity index (χ3n) is 2.88. The van der Waals surface area contributed by atoms with Gasteiger partial charge in [0.05, 0.1) is 11.3 Å². The number of carbonyl (C=O) groups is 1. The number of amides is 1. The van der Waals surface area contributed by atoms with Crippen LogP contribution in [0.1, 0.15) is 23.0 Å². The van der Waals surface area contributed by atoms with Gasteiger partial charge in [-0.2, -0.15) is 10.4 Å². The van der Waals surface area contributed by atoms with Crippen molar-refractivity contribution in [2.24, 2.45) is 7.05 Å². The molecule has 0 spiro atoms. The van der Waals surface area contributed by atoms with Gasteiger partial charge in [0.2, 0.25) is 0 Å². The van der Waals surface area contributed by atoms with Gasteiger partial charge < -0.3 is 10.1 Å². The Morgan fingerprint density at radius 3 is 3.05 bits per heavy atom. The minimum atomic E-state index is -0.211. The highest BCUT2D eigenvalue weighted by Gasteiger charge is 2.14. The van der Waals surface area contributed by atoms with Crippen molar-refractivity contribution in [1.82, 2.24) is 9.78 Å². The van der Waals surface area contributed by atoms with Crippen LogP contribution in [0.5, 0.6) is 5.75 Å². The summed E-state index contributed by atoms with van der Waals surface area (Å²) in [7, 11) is 1.78. The zero-order valence-corrected chi connectivity index (χ0v) is 12.0. The molecule has 2 rings (SSSR count). The second-order valence-corrected chi connectivity index (χ2v) is 4.45. The van der Waals surface area contributed by atoms with Gasteiger partial charge in [0.25, 0.3) is 5.91 Å². The van der Waals surface area contributed by atoms with Crippen molar-refractivity contribution in [3.8, 4) is 11.8 Å². The number of nitriles is 1. The average Bonchev–Trinajstić information content (AvgIpc) is 2.87. The Hall–Kier alpha value is -2.81. The van der Waals surface area contributed by atoms with E-state index in [1.807, 2.05) is 13.0 Å². The molecule has 0 bridgehead atoms. The summed E-state index contributed by atoms with van der Waals surface area (Å²) >= 11 is 0. The lowest BCUT2D eigenvalue weighted by Gasteiger charge is -2.07. The maximum absolute atomic E-state index is 12.3. The number of anilines is 1. The molecule has 0 aliphatic rings. The van der Waals surface area contributed by atoms with Crippen LogP contribution >= 0.6 is 0 Å². The highest BCUT2D eigenvalue weighted by Crippen LogP contribution is 2.18. The number of benzene rings is 1. The summed E-state index contributed by atoms with van der Waals surface area (Å²) in [5.41, 5.74) is 1.93. The number of hydrogen-bond donors (Lipinski definition) is 1. The molecule has 0 saturated carbocycles. The lowest BCUT2D eigenvalue weighted by atomic mass is 10.2. The smallest absolute Gasteiger partial charge is 0.259 e. The summed E-state index contributed by atoms with van der Waals surface area (Å²) < 4.78 is 6.83. The minimum absolute atomic E-state index is 0.0278. The second kappa shape index (κ2) is 6.57. The van der Waals surface area contributed by atoms with Gasteiger partial charge in [-0.25, -0.2) is 0 Å². The predicted octanol–water partition coefficient (Wildman–Crippen LogP) is 2.14. The van der Waals surface area contributed by atoms with Crippen molar-refractivity contribution in [2.45, 2.75) is 13.3 Å². The van der Waals surface area contributed by atoms with Gasteiger partial charge in [0, 0.05) is 25.0 Å². The highest BCUT2D eigenvalue weighted by molar-refractivity contribution is 6.05. The van der Waals surface area contributed by atoms with E-state index >= 15 is 0 Å². The molecule has 6 heteroatoms. The van der Waals surface area contributed by atoms with Crippen LogP contribution in [0.4, 0.5) is 5.69 Å². The number of aromatic nitrogens is 2. The third kappa shape index (κ3) is 3.60. The Bertz CT molecular complexity index is 685. The van der Waals surface area contributed by atoms with Crippen LogP contribution in [0.2, 0.25) is 0 Å². The monoisotopic (exact) mass is 284 g/mol. The molecule has 0 saturated heterocycles. The molecule has 1 amide bonds. The van der Waals surface area contributed by atoms with Crippen molar-refractivity contribution >= 4 is 11.6 Å². The summed E-state index contributed by atoms with van der Waals surface area (Å²) in [4.78, 5) is 12.3. The van der Waals surface area contributed by atoms with E-state index in [2.05, 4.69) is 10.4 Å². The van der Waals surface area contributed by atoms with Crippen LogP contribution in [-0.4, -0.2) is 22.3 Å². The molecule has 0 aliphatic heterocycles. The van der Waals surface area contributed by atoms with Crippen LogP contribution in [0, 0.1) is 11.3 Å². The molecule has 0 radical (unpaired) electrons. The second-order valence-electron chi connectivity index (χ2n) is 4.45. The number of nitrogens with zero attached hydrogens (tertiary/aromatic N) is 3. The standard InChI is InChI=1S/C15H16N4O2/c1-3-14-13(10-19(2)18-14)15(20)17-11-5-4-6-12(9-11)21-8-7-16/h4-6,9-10H,3,8H2,1-2H3,(H,17,20). The van der Waals surface area contributed by atoms with Crippen LogP contribution in [0.25, 0.3) is 0 Å².